The third-order valence-electron chi connectivity index (χ3n) is 10.1. The fraction of sp³-hybridized carbons (Fsp3) is 0.590. The minimum atomic E-state index is -2.46. The summed E-state index contributed by atoms with van der Waals surface area (Å²) < 4.78 is 34.9. The SMILES string of the molecule is CCCCC(CC)Cc1sc(C2c3c[c]([Sn]([CH3])([CH3])[CH3])sc3C(c3cc(F)c(CC(CC)CCC)s3)c3c[c]([Sn]([CH3])([CH3])[CH3])sc32)cc1F. The van der Waals surface area contributed by atoms with Gasteiger partial charge in [0.1, 0.15) is 0 Å². The molecule has 0 aromatic carbocycles. The fourth-order valence-corrected chi connectivity index (χ4v) is 23.1. The van der Waals surface area contributed by atoms with E-state index in [9.17, 15) is 0 Å². The Morgan fingerprint density at radius 2 is 1.02 bits per heavy atom. The van der Waals surface area contributed by atoms with E-state index in [4.69, 9.17) is 0 Å². The van der Waals surface area contributed by atoms with Crippen LogP contribution in [0.4, 0.5) is 8.78 Å². The average molecular weight is 929 g/mol. The van der Waals surface area contributed by atoms with Crippen molar-refractivity contribution in [2.24, 2.45) is 11.8 Å². The molecule has 8 heteroatoms. The Morgan fingerprint density at radius 3 is 1.38 bits per heavy atom. The van der Waals surface area contributed by atoms with Crippen LogP contribution in [0.1, 0.15) is 125 Å². The molecule has 0 N–H and O–H groups in total. The van der Waals surface area contributed by atoms with Crippen LogP contribution in [0.2, 0.25) is 29.6 Å². The van der Waals surface area contributed by atoms with E-state index in [1.54, 1.807) is 28.5 Å². The Bertz CT molecular complexity index is 1580. The molecule has 47 heavy (non-hydrogen) atoms. The first-order valence-corrected chi connectivity index (χ1v) is 41.3. The molecule has 0 nitrogen and oxygen atoms in total. The van der Waals surface area contributed by atoms with Crippen LogP contribution in [0.25, 0.3) is 0 Å². The van der Waals surface area contributed by atoms with E-state index in [1.807, 2.05) is 34.8 Å². The summed E-state index contributed by atoms with van der Waals surface area (Å²) in [6, 6.07) is 8.84. The molecule has 0 amide bonds. The van der Waals surface area contributed by atoms with Crippen LogP contribution in [-0.4, -0.2) is 36.8 Å². The topological polar surface area (TPSA) is 0 Å². The number of halogens is 2. The van der Waals surface area contributed by atoms with Crippen molar-refractivity contribution in [1.82, 2.24) is 0 Å². The number of hydrogen-bond donors (Lipinski definition) is 0. The van der Waals surface area contributed by atoms with E-state index < -0.39 is 36.8 Å². The summed E-state index contributed by atoms with van der Waals surface area (Å²) in [6.45, 7) is 8.99. The predicted octanol–water partition coefficient (Wildman–Crippen LogP) is 13.1. The molecule has 5 rings (SSSR count). The molecule has 258 valence electrons. The molecule has 0 aliphatic heterocycles. The zero-order valence-corrected chi connectivity index (χ0v) is 39.3. The van der Waals surface area contributed by atoms with Crippen LogP contribution in [0.3, 0.4) is 0 Å². The molecule has 0 spiro atoms. The van der Waals surface area contributed by atoms with Crippen molar-refractivity contribution in [3.8, 4) is 0 Å². The molecule has 0 saturated carbocycles. The van der Waals surface area contributed by atoms with E-state index >= 15 is 8.78 Å². The van der Waals surface area contributed by atoms with E-state index in [0.717, 1.165) is 58.0 Å². The molecule has 1 aliphatic rings. The molecular formula is C39H56F2S4Sn2. The molecule has 4 unspecified atom stereocenters. The first-order valence-electron chi connectivity index (χ1n) is 18.0. The Morgan fingerprint density at radius 1 is 0.596 bits per heavy atom. The molecular weight excluding hydrogens is 872 g/mol. The van der Waals surface area contributed by atoms with Crippen LogP contribution >= 0.6 is 45.3 Å². The van der Waals surface area contributed by atoms with E-state index in [-0.39, 0.29) is 23.5 Å². The van der Waals surface area contributed by atoms with Crippen molar-refractivity contribution in [2.45, 2.75) is 127 Å². The van der Waals surface area contributed by atoms with Gasteiger partial charge in [-0.1, -0.05) is 6.92 Å². The van der Waals surface area contributed by atoms with Gasteiger partial charge in [0.15, 0.2) is 0 Å². The first-order chi connectivity index (χ1) is 22.2. The third kappa shape index (κ3) is 8.50. The summed E-state index contributed by atoms with van der Waals surface area (Å²) in [5.41, 5.74) is 2.76. The molecule has 4 atom stereocenters. The van der Waals surface area contributed by atoms with Gasteiger partial charge in [-0.25, -0.2) is 0 Å². The van der Waals surface area contributed by atoms with E-state index in [2.05, 4.69) is 69.5 Å². The maximum absolute atomic E-state index is 15.9. The number of thiophene rings is 4. The monoisotopic (exact) mass is 930 g/mol. The van der Waals surface area contributed by atoms with Gasteiger partial charge < -0.3 is 0 Å². The number of hydrogen-bond acceptors (Lipinski definition) is 4. The van der Waals surface area contributed by atoms with Crippen LogP contribution in [0, 0.1) is 23.5 Å². The summed E-state index contributed by atoms with van der Waals surface area (Å²) in [7, 11) is 0. The van der Waals surface area contributed by atoms with Gasteiger partial charge in [0.2, 0.25) is 0 Å². The fourth-order valence-electron chi connectivity index (χ4n) is 7.07. The quantitative estimate of drug-likeness (QED) is 0.0918. The normalized spacial score (nSPS) is 18.0. The van der Waals surface area contributed by atoms with Crippen LogP contribution in [-0.2, 0) is 12.8 Å². The van der Waals surface area contributed by atoms with Crippen molar-refractivity contribution in [1.29, 1.82) is 0 Å². The van der Waals surface area contributed by atoms with Crippen molar-refractivity contribution >= 4 is 87.9 Å². The van der Waals surface area contributed by atoms with Crippen molar-refractivity contribution in [3.63, 3.8) is 0 Å². The summed E-state index contributed by atoms with van der Waals surface area (Å²) in [5.74, 6) is 1.20. The molecule has 4 heterocycles. The Hall–Kier alpha value is 0.257. The molecule has 4 aromatic heterocycles. The zero-order valence-electron chi connectivity index (χ0n) is 30.4. The average Bonchev–Trinajstić information content (AvgIpc) is 3.79. The number of unbranched alkanes of at least 4 members (excludes halogenated alkanes) is 1. The van der Waals surface area contributed by atoms with Gasteiger partial charge in [0, 0.05) is 0 Å². The Balaban J connectivity index is 1.67. The van der Waals surface area contributed by atoms with E-state index in [0.29, 0.717) is 11.8 Å². The summed E-state index contributed by atoms with van der Waals surface area (Å²) >= 11 is 2.56. The summed E-state index contributed by atoms with van der Waals surface area (Å²) in [4.78, 5) is 22.0. The Labute approximate surface area is 308 Å². The van der Waals surface area contributed by atoms with Gasteiger partial charge in [0.25, 0.3) is 0 Å². The van der Waals surface area contributed by atoms with E-state index in [1.165, 1.54) is 40.1 Å². The molecule has 0 saturated heterocycles. The van der Waals surface area contributed by atoms with Gasteiger partial charge in [-0.15, -0.1) is 0 Å². The summed E-state index contributed by atoms with van der Waals surface area (Å²) in [5, 5.41) is 0. The molecule has 0 radical (unpaired) electrons. The van der Waals surface area contributed by atoms with Crippen LogP contribution in [0.15, 0.2) is 24.3 Å². The van der Waals surface area contributed by atoms with Gasteiger partial charge >= 0.3 is 305 Å². The standard InChI is InChI=1S/C33H38F2S4.6CH3.2Sn/c1-5-9-11-21(8-4)17-27-25(35)19-29(39-27)31-23-13-15-36-32(23)30(22-12-14-37-33(22)31)28-18-24(34)26(38-28)16-20(7-3)10-6-2;;;;;;;;/h12-13,18-21,30-31H,5-11,16-17H2,1-4H3;6*1H3;;. The van der Waals surface area contributed by atoms with Crippen LogP contribution < -0.4 is 5.79 Å². The minimum absolute atomic E-state index is 0.00933. The van der Waals surface area contributed by atoms with Gasteiger partial charge in [-0.05, 0) is 0 Å². The van der Waals surface area contributed by atoms with Crippen molar-refractivity contribution in [2.75, 3.05) is 0 Å². The van der Waals surface area contributed by atoms with Crippen molar-refractivity contribution in [3.05, 3.63) is 76.3 Å². The molecule has 0 fully saturated rings. The van der Waals surface area contributed by atoms with Crippen LogP contribution in [0.5, 0.6) is 0 Å². The Kier molecular flexibility index (Phi) is 13.0. The second-order valence-electron chi connectivity index (χ2n) is 16.0. The molecule has 4 aromatic rings. The van der Waals surface area contributed by atoms with Gasteiger partial charge in [0.05, 0.1) is 0 Å². The maximum atomic E-state index is 15.9. The third-order valence-corrected chi connectivity index (χ3v) is 33.8. The second-order valence-corrected chi connectivity index (χ2v) is 51.3. The van der Waals surface area contributed by atoms with Gasteiger partial charge in [-0.3, -0.25) is 0 Å². The predicted molar refractivity (Wildman–Crippen MR) is 214 cm³/mol. The first kappa shape index (κ1) is 38.5. The van der Waals surface area contributed by atoms with Crippen molar-refractivity contribution < 1.29 is 8.78 Å². The number of fused-ring (bicyclic) bond motifs is 2. The van der Waals surface area contributed by atoms with Gasteiger partial charge in [-0.2, -0.15) is 0 Å². The second kappa shape index (κ2) is 15.9. The summed E-state index contributed by atoms with van der Waals surface area (Å²) in [6.07, 6.45) is 9.75. The number of rotatable bonds is 15. The zero-order chi connectivity index (χ0) is 34.3. The molecule has 1 aliphatic carbocycles. The molecule has 0 bridgehead atoms.